The van der Waals surface area contributed by atoms with Crippen LogP contribution in [-0.4, -0.2) is 47.6 Å². The van der Waals surface area contributed by atoms with Crippen LogP contribution in [0.25, 0.3) is 11.3 Å². The van der Waals surface area contributed by atoms with Crippen molar-refractivity contribution >= 4 is 5.91 Å². The minimum Gasteiger partial charge on any atom is -0.497 e. The summed E-state index contributed by atoms with van der Waals surface area (Å²) in [5.74, 6) is 1.61. The molecule has 1 aliphatic heterocycles. The van der Waals surface area contributed by atoms with Gasteiger partial charge in [0, 0.05) is 37.0 Å². The fraction of sp³-hybridized carbons (Fsp3) is 0.292. The predicted octanol–water partition coefficient (Wildman–Crippen LogP) is 3.94. The Morgan fingerprint density at radius 2 is 1.87 bits per heavy atom. The van der Waals surface area contributed by atoms with Crippen LogP contribution in [-0.2, 0) is 4.79 Å². The average molecular weight is 403 g/mol. The van der Waals surface area contributed by atoms with Crippen LogP contribution in [0.15, 0.2) is 67.0 Å². The molecule has 6 heteroatoms. The van der Waals surface area contributed by atoms with Crippen LogP contribution in [0.3, 0.4) is 0 Å². The van der Waals surface area contributed by atoms with E-state index in [1.807, 2.05) is 59.5 Å². The third-order valence-corrected chi connectivity index (χ3v) is 5.34. The number of ether oxygens (including phenoxy) is 2. The van der Waals surface area contributed by atoms with Gasteiger partial charge in [0.25, 0.3) is 5.91 Å². The molecule has 2 aromatic carbocycles. The molecular formula is C24H25N3O3. The average Bonchev–Trinajstić information content (AvgIpc) is 2.83. The van der Waals surface area contributed by atoms with Gasteiger partial charge in [0.15, 0.2) is 6.61 Å². The summed E-state index contributed by atoms with van der Waals surface area (Å²) < 4.78 is 11.0. The molecule has 6 nitrogen and oxygen atoms in total. The molecule has 0 unspecified atom stereocenters. The van der Waals surface area contributed by atoms with Gasteiger partial charge in [-0.15, -0.1) is 0 Å². The highest BCUT2D eigenvalue weighted by molar-refractivity contribution is 5.78. The molecule has 3 aromatic rings. The van der Waals surface area contributed by atoms with Crippen molar-refractivity contribution in [2.24, 2.45) is 0 Å². The van der Waals surface area contributed by atoms with Gasteiger partial charge >= 0.3 is 0 Å². The zero-order chi connectivity index (χ0) is 20.8. The van der Waals surface area contributed by atoms with E-state index in [0.717, 1.165) is 42.1 Å². The SMILES string of the molecule is COc1cccc(-c2nccnc2[C@H]2CCCN(C(=O)COc3ccccc3)C2)c1. The second-order valence-corrected chi connectivity index (χ2v) is 7.30. The zero-order valence-corrected chi connectivity index (χ0v) is 17.0. The topological polar surface area (TPSA) is 64.6 Å². The lowest BCUT2D eigenvalue weighted by Crippen LogP contribution is -2.41. The van der Waals surface area contributed by atoms with Gasteiger partial charge in [-0.1, -0.05) is 30.3 Å². The number of methoxy groups -OCH3 is 1. The highest BCUT2D eigenvalue weighted by atomic mass is 16.5. The summed E-state index contributed by atoms with van der Waals surface area (Å²) in [7, 11) is 1.65. The number of rotatable bonds is 6. The van der Waals surface area contributed by atoms with Crippen molar-refractivity contribution in [3.8, 4) is 22.8 Å². The first-order valence-electron chi connectivity index (χ1n) is 10.2. The highest BCUT2D eigenvalue weighted by Crippen LogP contribution is 2.33. The normalized spacial score (nSPS) is 16.2. The summed E-state index contributed by atoms with van der Waals surface area (Å²) in [6.45, 7) is 1.40. The van der Waals surface area contributed by atoms with Crippen LogP contribution in [0.2, 0.25) is 0 Å². The van der Waals surface area contributed by atoms with Crippen molar-refractivity contribution in [1.82, 2.24) is 14.9 Å². The number of likely N-dealkylation sites (tertiary alicyclic amines) is 1. The largest absolute Gasteiger partial charge is 0.497 e. The number of carbonyl (C=O) groups excluding carboxylic acids is 1. The Balaban J connectivity index is 1.49. The maximum atomic E-state index is 12.7. The van der Waals surface area contributed by atoms with E-state index >= 15 is 0 Å². The van der Waals surface area contributed by atoms with Gasteiger partial charge in [0.1, 0.15) is 11.5 Å². The van der Waals surface area contributed by atoms with Crippen molar-refractivity contribution in [1.29, 1.82) is 0 Å². The molecule has 0 bridgehead atoms. The molecule has 0 spiro atoms. The standard InChI is InChI=1S/C24H25N3O3/c1-29-21-11-5-7-18(15-21)23-24(26-13-12-25-23)19-8-6-14-27(16-19)22(28)17-30-20-9-3-2-4-10-20/h2-5,7,9-13,15,19H,6,8,14,16-17H2,1H3/t19-/m0/s1. The minimum atomic E-state index is -0.00428. The maximum absolute atomic E-state index is 12.7. The van der Waals surface area contributed by atoms with Crippen molar-refractivity contribution in [2.75, 3.05) is 26.8 Å². The monoisotopic (exact) mass is 403 g/mol. The summed E-state index contributed by atoms with van der Waals surface area (Å²) in [6.07, 6.45) is 5.32. The van der Waals surface area contributed by atoms with Gasteiger partial charge in [-0.25, -0.2) is 0 Å². The Labute approximate surface area is 176 Å². The van der Waals surface area contributed by atoms with E-state index in [0.29, 0.717) is 12.3 Å². The van der Waals surface area contributed by atoms with E-state index in [1.165, 1.54) is 0 Å². The van der Waals surface area contributed by atoms with Crippen molar-refractivity contribution in [2.45, 2.75) is 18.8 Å². The van der Waals surface area contributed by atoms with E-state index in [-0.39, 0.29) is 18.4 Å². The molecule has 1 saturated heterocycles. The molecule has 1 atom stereocenters. The van der Waals surface area contributed by atoms with Crippen molar-refractivity contribution in [3.63, 3.8) is 0 Å². The smallest absolute Gasteiger partial charge is 0.260 e. The Morgan fingerprint density at radius 1 is 1.07 bits per heavy atom. The summed E-state index contributed by atoms with van der Waals surface area (Å²) in [5.41, 5.74) is 2.73. The lowest BCUT2D eigenvalue weighted by molar-refractivity contribution is -0.134. The summed E-state index contributed by atoms with van der Waals surface area (Å²) in [6, 6.07) is 17.2. The number of piperidine rings is 1. The fourth-order valence-electron chi connectivity index (χ4n) is 3.82. The molecule has 154 valence electrons. The molecule has 4 rings (SSSR count). The number of carbonyl (C=O) groups is 1. The second kappa shape index (κ2) is 9.39. The lowest BCUT2D eigenvalue weighted by atomic mass is 9.91. The number of hydrogen-bond acceptors (Lipinski definition) is 5. The first-order chi connectivity index (χ1) is 14.7. The van der Waals surface area contributed by atoms with Gasteiger partial charge in [-0.2, -0.15) is 0 Å². The molecule has 2 heterocycles. The first kappa shape index (κ1) is 19.9. The molecule has 1 aliphatic rings. The van der Waals surface area contributed by atoms with Crippen LogP contribution < -0.4 is 9.47 Å². The highest BCUT2D eigenvalue weighted by Gasteiger charge is 2.28. The molecule has 1 fully saturated rings. The first-order valence-corrected chi connectivity index (χ1v) is 10.2. The Bertz CT molecular complexity index is 994. The van der Waals surface area contributed by atoms with Gasteiger partial charge in [-0.3, -0.25) is 14.8 Å². The van der Waals surface area contributed by atoms with E-state index in [1.54, 1.807) is 19.5 Å². The quantitative estimate of drug-likeness (QED) is 0.624. The van der Waals surface area contributed by atoms with Crippen LogP contribution in [0, 0.1) is 0 Å². The molecule has 30 heavy (non-hydrogen) atoms. The number of para-hydroxylation sites is 1. The zero-order valence-electron chi connectivity index (χ0n) is 17.0. The van der Waals surface area contributed by atoms with E-state index in [2.05, 4.69) is 9.97 Å². The van der Waals surface area contributed by atoms with Gasteiger partial charge in [0.2, 0.25) is 0 Å². The summed E-state index contributed by atoms with van der Waals surface area (Å²) >= 11 is 0. The van der Waals surface area contributed by atoms with Crippen molar-refractivity contribution in [3.05, 3.63) is 72.7 Å². The molecule has 0 radical (unpaired) electrons. The molecular weight excluding hydrogens is 378 g/mol. The van der Waals surface area contributed by atoms with Crippen LogP contribution in [0.4, 0.5) is 0 Å². The van der Waals surface area contributed by atoms with E-state index < -0.39 is 0 Å². The van der Waals surface area contributed by atoms with Gasteiger partial charge in [0.05, 0.1) is 18.5 Å². The molecule has 1 amide bonds. The van der Waals surface area contributed by atoms with Crippen LogP contribution in [0.5, 0.6) is 11.5 Å². The summed E-state index contributed by atoms with van der Waals surface area (Å²) in [5, 5.41) is 0. The van der Waals surface area contributed by atoms with E-state index in [9.17, 15) is 4.79 Å². The van der Waals surface area contributed by atoms with Crippen LogP contribution >= 0.6 is 0 Å². The molecule has 0 N–H and O–H groups in total. The molecule has 0 aliphatic carbocycles. The number of benzene rings is 2. The number of amides is 1. The number of hydrogen-bond donors (Lipinski definition) is 0. The third-order valence-electron chi connectivity index (χ3n) is 5.34. The fourth-order valence-corrected chi connectivity index (χ4v) is 3.82. The summed E-state index contributed by atoms with van der Waals surface area (Å²) in [4.78, 5) is 23.9. The Morgan fingerprint density at radius 3 is 2.70 bits per heavy atom. The lowest BCUT2D eigenvalue weighted by Gasteiger charge is -2.33. The molecule has 1 aromatic heterocycles. The predicted molar refractivity (Wildman–Crippen MR) is 115 cm³/mol. The van der Waals surface area contributed by atoms with Crippen molar-refractivity contribution < 1.29 is 14.3 Å². The number of aromatic nitrogens is 2. The minimum absolute atomic E-state index is 0.00428. The van der Waals surface area contributed by atoms with E-state index in [4.69, 9.17) is 9.47 Å². The maximum Gasteiger partial charge on any atom is 0.260 e. The Kier molecular flexibility index (Phi) is 6.23. The Hall–Kier alpha value is -3.41. The number of nitrogens with zero attached hydrogens (tertiary/aromatic N) is 3. The van der Waals surface area contributed by atoms with Gasteiger partial charge in [-0.05, 0) is 37.1 Å². The van der Waals surface area contributed by atoms with Gasteiger partial charge < -0.3 is 14.4 Å². The van der Waals surface area contributed by atoms with Crippen LogP contribution in [0.1, 0.15) is 24.5 Å². The third kappa shape index (κ3) is 4.59. The molecule has 0 saturated carbocycles. The second-order valence-electron chi connectivity index (χ2n) is 7.30.